The van der Waals surface area contributed by atoms with E-state index in [1.165, 1.54) is 22.1 Å². The van der Waals surface area contributed by atoms with Crippen molar-refractivity contribution in [3.63, 3.8) is 0 Å². The first kappa shape index (κ1) is 15.3. The van der Waals surface area contributed by atoms with Gasteiger partial charge in [-0.25, -0.2) is 0 Å². The molecule has 0 aliphatic heterocycles. The molecule has 1 aromatic heterocycles. The number of nitrogens with one attached hydrogen (secondary N) is 2. The molecule has 0 aliphatic rings. The lowest BCUT2D eigenvalue weighted by molar-refractivity contribution is -0.121. The van der Waals surface area contributed by atoms with E-state index in [2.05, 4.69) is 53.6 Å². The summed E-state index contributed by atoms with van der Waals surface area (Å²) in [6.07, 6.45) is 4.17. The first-order chi connectivity index (χ1) is 11.2. The number of hydrogen-bond donors (Lipinski definition) is 2. The van der Waals surface area contributed by atoms with Gasteiger partial charge in [0.2, 0.25) is 5.91 Å². The van der Waals surface area contributed by atoms with Crippen LogP contribution in [0, 0.1) is 6.92 Å². The van der Waals surface area contributed by atoms with Gasteiger partial charge in [-0.05, 0) is 37.0 Å². The first-order valence-electron chi connectivity index (χ1n) is 8.09. The minimum atomic E-state index is 0.113. The Bertz CT molecular complexity index is 787. The number of benzene rings is 2. The number of para-hydroxylation sites is 1. The maximum absolute atomic E-state index is 12.0. The molecule has 0 radical (unpaired) electrons. The van der Waals surface area contributed by atoms with Crippen molar-refractivity contribution in [3.8, 4) is 0 Å². The van der Waals surface area contributed by atoms with Gasteiger partial charge in [0.1, 0.15) is 0 Å². The minimum Gasteiger partial charge on any atom is -0.361 e. The van der Waals surface area contributed by atoms with Gasteiger partial charge in [-0.2, -0.15) is 0 Å². The average molecular weight is 306 g/mol. The summed E-state index contributed by atoms with van der Waals surface area (Å²) in [6, 6.07) is 16.6. The molecule has 118 valence electrons. The van der Waals surface area contributed by atoms with E-state index in [0.29, 0.717) is 13.0 Å². The van der Waals surface area contributed by atoms with Gasteiger partial charge in [-0.3, -0.25) is 4.79 Å². The number of rotatable bonds is 6. The Morgan fingerprint density at radius 2 is 1.83 bits per heavy atom. The van der Waals surface area contributed by atoms with Crippen LogP contribution in [0.2, 0.25) is 0 Å². The fraction of sp³-hybridized carbons (Fsp3) is 0.250. The van der Waals surface area contributed by atoms with Crippen molar-refractivity contribution in [2.45, 2.75) is 26.2 Å². The van der Waals surface area contributed by atoms with Crippen LogP contribution in [0.3, 0.4) is 0 Å². The number of carbonyl (C=O) groups is 1. The molecule has 1 heterocycles. The lowest BCUT2D eigenvalue weighted by atomic mass is 10.1. The van der Waals surface area contributed by atoms with E-state index in [9.17, 15) is 4.79 Å². The molecule has 3 heteroatoms. The molecular weight excluding hydrogens is 284 g/mol. The number of aromatic nitrogens is 1. The van der Waals surface area contributed by atoms with Crippen LogP contribution in [-0.4, -0.2) is 17.4 Å². The second-order valence-corrected chi connectivity index (χ2v) is 5.95. The third-order valence-corrected chi connectivity index (χ3v) is 4.15. The quantitative estimate of drug-likeness (QED) is 0.715. The second-order valence-electron chi connectivity index (χ2n) is 5.95. The summed E-state index contributed by atoms with van der Waals surface area (Å²) in [5, 5.41) is 4.22. The van der Waals surface area contributed by atoms with Gasteiger partial charge in [0, 0.05) is 30.1 Å². The highest BCUT2D eigenvalue weighted by molar-refractivity contribution is 5.84. The standard InChI is InChI=1S/C20H22N2O/c1-15-6-8-16(9-7-15)12-13-21-20(23)11-10-17-14-22-19-5-3-2-4-18(17)19/h2-9,14,22H,10-13H2,1H3,(H,21,23). The van der Waals surface area contributed by atoms with Gasteiger partial charge in [0.15, 0.2) is 0 Å². The first-order valence-corrected chi connectivity index (χ1v) is 8.09. The summed E-state index contributed by atoms with van der Waals surface area (Å²) < 4.78 is 0. The summed E-state index contributed by atoms with van der Waals surface area (Å²) in [5.41, 5.74) is 4.85. The van der Waals surface area contributed by atoms with Gasteiger partial charge in [0.05, 0.1) is 0 Å². The van der Waals surface area contributed by atoms with Crippen molar-refractivity contribution in [2.24, 2.45) is 0 Å². The monoisotopic (exact) mass is 306 g/mol. The Labute approximate surface area is 136 Å². The van der Waals surface area contributed by atoms with Gasteiger partial charge in [-0.15, -0.1) is 0 Å². The lowest BCUT2D eigenvalue weighted by Gasteiger charge is -2.05. The summed E-state index contributed by atoms with van der Waals surface area (Å²) >= 11 is 0. The summed E-state index contributed by atoms with van der Waals surface area (Å²) in [5.74, 6) is 0.113. The zero-order valence-electron chi connectivity index (χ0n) is 13.4. The van der Waals surface area contributed by atoms with Crippen molar-refractivity contribution in [1.82, 2.24) is 10.3 Å². The molecule has 0 atom stereocenters. The highest BCUT2D eigenvalue weighted by Crippen LogP contribution is 2.18. The average Bonchev–Trinajstić information content (AvgIpc) is 2.98. The van der Waals surface area contributed by atoms with Crippen molar-refractivity contribution in [3.05, 3.63) is 71.4 Å². The zero-order valence-corrected chi connectivity index (χ0v) is 13.4. The number of aryl methyl sites for hydroxylation is 2. The minimum absolute atomic E-state index is 0.113. The molecule has 1 amide bonds. The smallest absolute Gasteiger partial charge is 0.220 e. The molecule has 23 heavy (non-hydrogen) atoms. The summed E-state index contributed by atoms with van der Waals surface area (Å²) in [6.45, 7) is 2.77. The van der Waals surface area contributed by atoms with E-state index in [1.54, 1.807) is 0 Å². The van der Waals surface area contributed by atoms with Crippen LogP contribution in [0.1, 0.15) is 23.1 Å². The van der Waals surface area contributed by atoms with Gasteiger partial charge in [0.25, 0.3) is 0 Å². The van der Waals surface area contributed by atoms with Crippen LogP contribution in [0.4, 0.5) is 0 Å². The molecule has 0 fully saturated rings. The number of aromatic amines is 1. The normalized spacial score (nSPS) is 10.8. The van der Waals surface area contributed by atoms with Crippen LogP contribution in [-0.2, 0) is 17.6 Å². The number of fused-ring (bicyclic) bond motifs is 1. The molecule has 3 aromatic rings. The van der Waals surface area contributed by atoms with Crippen LogP contribution < -0.4 is 5.32 Å². The number of amides is 1. The van der Waals surface area contributed by atoms with Gasteiger partial charge >= 0.3 is 0 Å². The molecule has 0 bridgehead atoms. The fourth-order valence-corrected chi connectivity index (χ4v) is 2.78. The SMILES string of the molecule is Cc1ccc(CCNC(=O)CCc2c[nH]c3ccccc23)cc1. The molecule has 2 N–H and O–H groups in total. The van der Waals surface area contributed by atoms with E-state index in [-0.39, 0.29) is 5.91 Å². The molecule has 2 aromatic carbocycles. The molecule has 0 saturated carbocycles. The maximum atomic E-state index is 12.0. The second kappa shape index (κ2) is 7.14. The topological polar surface area (TPSA) is 44.9 Å². The predicted molar refractivity (Wildman–Crippen MR) is 94.5 cm³/mol. The van der Waals surface area contributed by atoms with Crippen LogP contribution >= 0.6 is 0 Å². The molecule has 3 rings (SSSR count). The molecule has 0 unspecified atom stereocenters. The summed E-state index contributed by atoms with van der Waals surface area (Å²) in [7, 11) is 0. The van der Waals surface area contributed by atoms with Gasteiger partial charge in [-0.1, -0.05) is 48.0 Å². The predicted octanol–water partition coefficient (Wildman–Crippen LogP) is 3.77. The van der Waals surface area contributed by atoms with E-state index < -0.39 is 0 Å². The highest BCUT2D eigenvalue weighted by atomic mass is 16.1. The fourth-order valence-electron chi connectivity index (χ4n) is 2.78. The Morgan fingerprint density at radius 1 is 1.04 bits per heavy atom. The van der Waals surface area contributed by atoms with E-state index >= 15 is 0 Å². The zero-order chi connectivity index (χ0) is 16.1. The third kappa shape index (κ3) is 4.01. The van der Waals surface area contributed by atoms with Crippen molar-refractivity contribution in [1.29, 1.82) is 0 Å². The van der Waals surface area contributed by atoms with Crippen LogP contribution in [0.5, 0.6) is 0 Å². The molecule has 3 nitrogen and oxygen atoms in total. The third-order valence-electron chi connectivity index (χ3n) is 4.15. The number of carbonyl (C=O) groups excluding carboxylic acids is 1. The molecular formula is C20H22N2O. The lowest BCUT2D eigenvalue weighted by Crippen LogP contribution is -2.25. The molecule has 0 saturated heterocycles. The maximum Gasteiger partial charge on any atom is 0.220 e. The van der Waals surface area contributed by atoms with Gasteiger partial charge < -0.3 is 10.3 Å². The Morgan fingerprint density at radius 3 is 2.65 bits per heavy atom. The summed E-state index contributed by atoms with van der Waals surface area (Å²) in [4.78, 5) is 15.2. The Hall–Kier alpha value is -2.55. The Balaban J connectivity index is 1.45. The number of hydrogen-bond acceptors (Lipinski definition) is 1. The molecule has 0 spiro atoms. The van der Waals surface area contributed by atoms with Crippen LogP contribution in [0.25, 0.3) is 10.9 Å². The molecule has 0 aliphatic carbocycles. The highest BCUT2D eigenvalue weighted by Gasteiger charge is 2.06. The van der Waals surface area contributed by atoms with Crippen LogP contribution in [0.15, 0.2) is 54.7 Å². The van der Waals surface area contributed by atoms with E-state index in [1.807, 2.05) is 18.3 Å². The van der Waals surface area contributed by atoms with Crippen molar-refractivity contribution < 1.29 is 4.79 Å². The van der Waals surface area contributed by atoms with Crippen molar-refractivity contribution >= 4 is 16.8 Å². The van der Waals surface area contributed by atoms with Crippen molar-refractivity contribution in [2.75, 3.05) is 6.54 Å². The number of H-pyrrole nitrogens is 1. The Kier molecular flexibility index (Phi) is 4.77. The van der Waals surface area contributed by atoms with E-state index in [4.69, 9.17) is 0 Å². The van der Waals surface area contributed by atoms with E-state index in [0.717, 1.165) is 18.4 Å². The largest absolute Gasteiger partial charge is 0.361 e.